The lowest BCUT2D eigenvalue weighted by Crippen LogP contribution is -2.24. The second-order valence-electron chi connectivity index (χ2n) is 2.88. The van der Waals surface area contributed by atoms with Gasteiger partial charge >= 0.3 is 0 Å². The average molecular weight is 203 g/mol. The van der Waals surface area contributed by atoms with E-state index in [0.29, 0.717) is 5.56 Å². The summed E-state index contributed by atoms with van der Waals surface area (Å²) in [6.07, 6.45) is 0.771. The molecule has 13 heavy (non-hydrogen) atoms. The summed E-state index contributed by atoms with van der Waals surface area (Å²) in [5.41, 5.74) is 5.88. The topological polar surface area (TPSA) is 79.1 Å². The van der Waals surface area contributed by atoms with E-state index in [1.54, 1.807) is 6.92 Å². The highest BCUT2D eigenvalue weighted by Crippen LogP contribution is 2.14. The summed E-state index contributed by atoms with van der Waals surface area (Å²) in [7, 11) is 0. The van der Waals surface area contributed by atoms with Crippen molar-refractivity contribution >= 4 is 11.6 Å². The molecule has 2 atom stereocenters. The molecule has 1 rings (SSSR count). The third-order valence-corrected chi connectivity index (χ3v) is 2.07. The molecule has 5 heteroatoms. The fraction of sp³-hybridized carbons (Fsp3) is 0.375. The Labute approximate surface area is 80.3 Å². The minimum atomic E-state index is -0.679. The molecule has 0 saturated heterocycles. The highest BCUT2D eigenvalue weighted by molar-refractivity contribution is 6.30. The highest BCUT2D eigenvalue weighted by Gasteiger charge is 2.12. The Kier molecular flexibility index (Phi) is 3.08. The number of H-pyrrole nitrogens is 1. The Balaban J connectivity index is 3.04. The van der Waals surface area contributed by atoms with Crippen molar-refractivity contribution in [2.75, 3.05) is 0 Å². The van der Waals surface area contributed by atoms with Crippen molar-refractivity contribution in [2.45, 2.75) is 19.1 Å². The van der Waals surface area contributed by atoms with Gasteiger partial charge in [0, 0.05) is 6.20 Å². The third kappa shape index (κ3) is 2.30. The number of hydrogen-bond acceptors (Lipinski definition) is 3. The van der Waals surface area contributed by atoms with E-state index < -0.39 is 12.1 Å². The number of rotatable bonds is 2. The summed E-state index contributed by atoms with van der Waals surface area (Å²) in [4.78, 5) is 13.3. The molecule has 0 unspecified atom stereocenters. The van der Waals surface area contributed by atoms with E-state index in [4.69, 9.17) is 17.3 Å². The first-order valence-corrected chi connectivity index (χ1v) is 4.22. The zero-order valence-electron chi connectivity index (χ0n) is 7.12. The molecule has 1 aromatic rings. The second-order valence-corrected chi connectivity index (χ2v) is 3.28. The van der Waals surface area contributed by atoms with Gasteiger partial charge in [0.15, 0.2) is 0 Å². The molecule has 0 saturated carbocycles. The van der Waals surface area contributed by atoms with Crippen molar-refractivity contribution in [1.82, 2.24) is 4.98 Å². The summed E-state index contributed by atoms with van der Waals surface area (Å²) in [5.74, 6) is 0. The first-order valence-electron chi connectivity index (χ1n) is 3.84. The van der Waals surface area contributed by atoms with Crippen molar-refractivity contribution in [3.63, 3.8) is 0 Å². The van der Waals surface area contributed by atoms with Crippen molar-refractivity contribution in [1.29, 1.82) is 0 Å². The molecule has 0 amide bonds. The van der Waals surface area contributed by atoms with Crippen LogP contribution in [0.1, 0.15) is 18.5 Å². The minimum absolute atomic E-state index is 0.0774. The standard InChI is InChI=1S/C8H11ClN2O2/c1-4(12)7(10)5-2-6(9)8(13)11-3-5/h2-4,7,12H,10H2,1H3,(H,11,13)/t4-,7+/m1/s1. The van der Waals surface area contributed by atoms with Gasteiger partial charge in [-0.1, -0.05) is 11.6 Å². The number of pyridine rings is 1. The maximum absolute atomic E-state index is 10.9. The van der Waals surface area contributed by atoms with Crippen LogP contribution >= 0.6 is 11.6 Å². The summed E-state index contributed by atoms with van der Waals surface area (Å²) >= 11 is 5.58. The lowest BCUT2D eigenvalue weighted by molar-refractivity contribution is 0.164. The summed E-state index contributed by atoms with van der Waals surface area (Å²) < 4.78 is 0. The third-order valence-electron chi connectivity index (χ3n) is 1.78. The Morgan fingerprint density at radius 2 is 2.31 bits per heavy atom. The van der Waals surface area contributed by atoms with Crippen molar-refractivity contribution in [2.24, 2.45) is 5.73 Å². The van der Waals surface area contributed by atoms with Gasteiger partial charge in [0.2, 0.25) is 0 Å². The zero-order chi connectivity index (χ0) is 10.0. The number of aromatic nitrogens is 1. The van der Waals surface area contributed by atoms with Gasteiger partial charge < -0.3 is 15.8 Å². The fourth-order valence-corrected chi connectivity index (χ4v) is 1.12. The maximum Gasteiger partial charge on any atom is 0.266 e. The van der Waals surface area contributed by atoms with Crippen LogP contribution in [0.15, 0.2) is 17.1 Å². The van der Waals surface area contributed by atoms with E-state index in [1.165, 1.54) is 12.3 Å². The van der Waals surface area contributed by atoms with Crippen molar-refractivity contribution < 1.29 is 5.11 Å². The monoisotopic (exact) mass is 202 g/mol. The van der Waals surface area contributed by atoms with Crippen LogP contribution in [0.2, 0.25) is 5.02 Å². The van der Waals surface area contributed by atoms with Crippen molar-refractivity contribution in [3.05, 3.63) is 33.2 Å². The Morgan fingerprint density at radius 1 is 1.69 bits per heavy atom. The fourth-order valence-electron chi connectivity index (χ4n) is 0.942. The van der Waals surface area contributed by atoms with Gasteiger partial charge in [-0.15, -0.1) is 0 Å². The van der Waals surface area contributed by atoms with Gasteiger partial charge in [-0.3, -0.25) is 4.79 Å². The smallest absolute Gasteiger partial charge is 0.266 e. The zero-order valence-corrected chi connectivity index (χ0v) is 7.88. The van der Waals surface area contributed by atoms with Gasteiger partial charge in [-0.25, -0.2) is 0 Å². The lowest BCUT2D eigenvalue weighted by atomic mass is 10.1. The molecule has 1 aromatic heterocycles. The molecular formula is C8H11ClN2O2. The number of nitrogens with one attached hydrogen (secondary N) is 1. The molecule has 0 bridgehead atoms. The van der Waals surface area contributed by atoms with E-state index in [9.17, 15) is 9.90 Å². The Hall–Kier alpha value is -0.840. The van der Waals surface area contributed by atoms with Gasteiger partial charge in [-0.05, 0) is 18.6 Å². The molecular weight excluding hydrogens is 192 g/mol. The van der Waals surface area contributed by atoms with Crippen molar-refractivity contribution in [3.8, 4) is 0 Å². The predicted octanol–water partition coefficient (Wildman–Crippen LogP) is 0.409. The van der Waals surface area contributed by atoms with Gasteiger partial charge in [-0.2, -0.15) is 0 Å². The Morgan fingerprint density at radius 3 is 2.77 bits per heavy atom. The van der Waals surface area contributed by atoms with Crippen LogP contribution in [0.3, 0.4) is 0 Å². The quantitative estimate of drug-likeness (QED) is 0.650. The number of aliphatic hydroxyl groups excluding tert-OH is 1. The van der Waals surface area contributed by atoms with Crippen LogP contribution in [-0.4, -0.2) is 16.2 Å². The molecule has 0 aliphatic heterocycles. The van der Waals surface area contributed by atoms with Gasteiger partial charge in [0.1, 0.15) is 5.02 Å². The minimum Gasteiger partial charge on any atom is -0.391 e. The molecule has 0 spiro atoms. The summed E-state index contributed by atoms with van der Waals surface area (Å²) in [5, 5.41) is 9.25. The van der Waals surface area contributed by atoms with Gasteiger partial charge in [0.05, 0.1) is 12.1 Å². The maximum atomic E-state index is 10.9. The summed E-state index contributed by atoms with van der Waals surface area (Å²) in [6.45, 7) is 1.57. The largest absolute Gasteiger partial charge is 0.391 e. The SMILES string of the molecule is C[C@@H](O)[C@H](N)c1c[nH]c(=O)c(Cl)c1. The summed E-state index contributed by atoms with van der Waals surface area (Å²) in [6, 6.07) is 0.923. The number of halogens is 1. The molecule has 4 N–H and O–H groups in total. The van der Waals surface area contributed by atoms with E-state index >= 15 is 0 Å². The van der Waals surface area contributed by atoms with Crippen LogP contribution in [0.25, 0.3) is 0 Å². The first-order chi connectivity index (χ1) is 6.02. The van der Waals surface area contributed by atoms with E-state index in [0.717, 1.165) is 0 Å². The second kappa shape index (κ2) is 3.91. The van der Waals surface area contributed by atoms with Crippen LogP contribution < -0.4 is 11.3 Å². The van der Waals surface area contributed by atoms with Crippen LogP contribution in [-0.2, 0) is 0 Å². The number of aromatic amines is 1. The molecule has 0 aliphatic carbocycles. The van der Waals surface area contributed by atoms with E-state index in [1.807, 2.05) is 0 Å². The molecule has 0 aromatic carbocycles. The predicted molar refractivity (Wildman–Crippen MR) is 50.7 cm³/mol. The highest BCUT2D eigenvalue weighted by atomic mass is 35.5. The lowest BCUT2D eigenvalue weighted by Gasteiger charge is -2.14. The molecule has 4 nitrogen and oxygen atoms in total. The molecule has 72 valence electrons. The molecule has 0 fully saturated rings. The first kappa shape index (κ1) is 10.2. The van der Waals surface area contributed by atoms with Crippen LogP contribution in [0.4, 0.5) is 0 Å². The molecule has 1 heterocycles. The Bertz CT molecular complexity index is 348. The molecule has 0 radical (unpaired) electrons. The van der Waals surface area contributed by atoms with Gasteiger partial charge in [0.25, 0.3) is 5.56 Å². The molecule has 0 aliphatic rings. The van der Waals surface area contributed by atoms with Crippen LogP contribution in [0.5, 0.6) is 0 Å². The van der Waals surface area contributed by atoms with Crippen LogP contribution in [0, 0.1) is 0 Å². The number of nitrogens with two attached hydrogens (primary N) is 1. The average Bonchev–Trinajstić information content (AvgIpc) is 2.08. The number of hydrogen-bond donors (Lipinski definition) is 3. The number of aliphatic hydroxyl groups is 1. The normalized spacial score (nSPS) is 15.4. The van der Waals surface area contributed by atoms with E-state index in [-0.39, 0.29) is 10.6 Å². The van der Waals surface area contributed by atoms with E-state index in [2.05, 4.69) is 4.98 Å².